The standard InChI is InChI=1S/C16H18BrNS/c17-16-9-8-14(19-16)11-18-10-13-6-3-5-12-4-1-2-7-15(12)13/h1-2,4,7-9,13,18H,3,5-6,10-11H2. The lowest BCUT2D eigenvalue weighted by molar-refractivity contribution is 0.508. The molecule has 2 aromatic rings. The molecule has 1 aliphatic rings. The topological polar surface area (TPSA) is 12.0 Å². The van der Waals surface area contributed by atoms with Crippen LogP contribution in [0.4, 0.5) is 0 Å². The smallest absolute Gasteiger partial charge is 0.0701 e. The lowest BCUT2D eigenvalue weighted by Crippen LogP contribution is -2.23. The zero-order valence-electron chi connectivity index (χ0n) is 10.9. The Labute approximate surface area is 127 Å². The Hall–Kier alpha value is -0.640. The highest BCUT2D eigenvalue weighted by Gasteiger charge is 2.19. The van der Waals surface area contributed by atoms with Crippen LogP contribution in [0.1, 0.15) is 34.8 Å². The molecule has 0 fully saturated rings. The van der Waals surface area contributed by atoms with Crippen LogP contribution in [0.25, 0.3) is 0 Å². The van der Waals surface area contributed by atoms with Gasteiger partial charge in [-0.2, -0.15) is 0 Å². The minimum Gasteiger partial charge on any atom is -0.311 e. The van der Waals surface area contributed by atoms with Crippen molar-refractivity contribution in [2.75, 3.05) is 6.54 Å². The van der Waals surface area contributed by atoms with Crippen molar-refractivity contribution >= 4 is 27.3 Å². The van der Waals surface area contributed by atoms with E-state index < -0.39 is 0 Å². The normalized spacial score (nSPS) is 18.3. The summed E-state index contributed by atoms with van der Waals surface area (Å²) in [6.45, 7) is 2.07. The van der Waals surface area contributed by atoms with E-state index in [1.807, 2.05) is 11.3 Å². The lowest BCUT2D eigenvalue weighted by atomic mass is 9.83. The van der Waals surface area contributed by atoms with Gasteiger partial charge in [-0.3, -0.25) is 0 Å². The number of fused-ring (bicyclic) bond motifs is 1. The Balaban J connectivity index is 1.59. The molecule has 0 aliphatic heterocycles. The lowest BCUT2D eigenvalue weighted by Gasteiger charge is -2.25. The van der Waals surface area contributed by atoms with Crippen LogP contribution < -0.4 is 5.32 Å². The fraction of sp³-hybridized carbons (Fsp3) is 0.375. The molecule has 19 heavy (non-hydrogen) atoms. The van der Waals surface area contributed by atoms with E-state index in [1.165, 1.54) is 27.9 Å². The molecular weight excluding hydrogens is 318 g/mol. The van der Waals surface area contributed by atoms with Crippen LogP contribution in [0.15, 0.2) is 40.2 Å². The van der Waals surface area contributed by atoms with Gasteiger partial charge >= 0.3 is 0 Å². The average molecular weight is 336 g/mol. The molecule has 1 aromatic heterocycles. The fourth-order valence-electron chi connectivity index (χ4n) is 2.88. The Morgan fingerprint density at radius 1 is 1.21 bits per heavy atom. The first-order valence-electron chi connectivity index (χ1n) is 6.85. The van der Waals surface area contributed by atoms with Gasteiger partial charge in [0.1, 0.15) is 0 Å². The second kappa shape index (κ2) is 6.21. The number of hydrogen-bond donors (Lipinski definition) is 1. The number of thiophene rings is 1. The zero-order valence-corrected chi connectivity index (χ0v) is 13.3. The van der Waals surface area contributed by atoms with Crippen molar-refractivity contribution in [3.05, 3.63) is 56.2 Å². The van der Waals surface area contributed by atoms with Crippen LogP contribution in [-0.2, 0) is 13.0 Å². The summed E-state index contributed by atoms with van der Waals surface area (Å²) in [5.41, 5.74) is 3.12. The summed E-state index contributed by atoms with van der Waals surface area (Å²) in [5.74, 6) is 0.688. The number of nitrogens with one attached hydrogen (secondary N) is 1. The van der Waals surface area contributed by atoms with Gasteiger partial charge < -0.3 is 5.32 Å². The van der Waals surface area contributed by atoms with Gasteiger partial charge in [0.25, 0.3) is 0 Å². The summed E-state index contributed by atoms with van der Waals surface area (Å²) in [7, 11) is 0. The number of benzene rings is 1. The van der Waals surface area contributed by atoms with E-state index in [2.05, 4.69) is 57.6 Å². The van der Waals surface area contributed by atoms with Gasteiger partial charge in [0.05, 0.1) is 3.79 Å². The van der Waals surface area contributed by atoms with Crippen molar-refractivity contribution < 1.29 is 0 Å². The van der Waals surface area contributed by atoms with Crippen molar-refractivity contribution in [3.8, 4) is 0 Å². The first-order valence-corrected chi connectivity index (χ1v) is 8.46. The van der Waals surface area contributed by atoms with Gasteiger partial charge in [0, 0.05) is 18.0 Å². The fourth-order valence-corrected chi connectivity index (χ4v) is 4.34. The van der Waals surface area contributed by atoms with Crippen molar-refractivity contribution in [3.63, 3.8) is 0 Å². The zero-order chi connectivity index (χ0) is 13.1. The summed E-state index contributed by atoms with van der Waals surface area (Å²) in [6, 6.07) is 13.2. The summed E-state index contributed by atoms with van der Waals surface area (Å²) in [4.78, 5) is 1.40. The molecule has 100 valence electrons. The quantitative estimate of drug-likeness (QED) is 0.852. The Bertz CT molecular complexity index is 549. The monoisotopic (exact) mass is 335 g/mol. The van der Waals surface area contributed by atoms with Crippen molar-refractivity contribution in [1.29, 1.82) is 0 Å². The van der Waals surface area contributed by atoms with E-state index in [1.54, 1.807) is 11.1 Å². The SMILES string of the molecule is Brc1ccc(CNCC2CCCc3ccccc32)s1. The number of aryl methyl sites for hydroxylation is 1. The molecule has 0 spiro atoms. The molecular formula is C16H18BrNS. The molecule has 1 nitrogen and oxygen atoms in total. The molecule has 0 amide bonds. The predicted octanol–water partition coefficient (Wildman–Crippen LogP) is 4.72. The molecule has 1 atom stereocenters. The Morgan fingerprint density at radius 3 is 2.95 bits per heavy atom. The number of hydrogen-bond acceptors (Lipinski definition) is 2. The maximum absolute atomic E-state index is 3.62. The first-order chi connectivity index (χ1) is 9.33. The molecule has 1 aromatic carbocycles. The maximum Gasteiger partial charge on any atom is 0.0701 e. The highest BCUT2D eigenvalue weighted by atomic mass is 79.9. The third-order valence-electron chi connectivity index (χ3n) is 3.81. The predicted molar refractivity (Wildman–Crippen MR) is 85.8 cm³/mol. The van der Waals surface area contributed by atoms with Gasteiger partial charge in [0.15, 0.2) is 0 Å². The van der Waals surface area contributed by atoms with E-state index >= 15 is 0 Å². The summed E-state index contributed by atoms with van der Waals surface area (Å²) >= 11 is 5.33. The summed E-state index contributed by atoms with van der Waals surface area (Å²) in [5, 5.41) is 3.62. The van der Waals surface area contributed by atoms with Crippen LogP contribution in [0.5, 0.6) is 0 Å². The number of halogens is 1. The highest BCUT2D eigenvalue weighted by molar-refractivity contribution is 9.11. The molecule has 1 heterocycles. The third-order valence-corrected chi connectivity index (χ3v) is 5.44. The van der Waals surface area contributed by atoms with Crippen molar-refractivity contribution in [2.45, 2.75) is 31.7 Å². The van der Waals surface area contributed by atoms with Gasteiger partial charge in [-0.15, -0.1) is 11.3 Å². The van der Waals surface area contributed by atoms with E-state index in [9.17, 15) is 0 Å². The van der Waals surface area contributed by atoms with Crippen molar-refractivity contribution in [1.82, 2.24) is 5.32 Å². The molecule has 1 N–H and O–H groups in total. The van der Waals surface area contributed by atoms with Crippen LogP contribution >= 0.6 is 27.3 Å². The molecule has 1 unspecified atom stereocenters. The third kappa shape index (κ3) is 3.28. The van der Waals surface area contributed by atoms with Crippen LogP contribution in [0.2, 0.25) is 0 Å². The van der Waals surface area contributed by atoms with Gasteiger partial charge in [-0.25, -0.2) is 0 Å². The molecule has 0 bridgehead atoms. The molecule has 3 rings (SSSR count). The number of rotatable bonds is 4. The largest absolute Gasteiger partial charge is 0.311 e. The Kier molecular flexibility index (Phi) is 4.36. The minimum absolute atomic E-state index is 0.688. The van der Waals surface area contributed by atoms with Gasteiger partial charge in [0.2, 0.25) is 0 Å². The van der Waals surface area contributed by atoms with Crippen LogP contribution in [-0.4, -0.2) is 6.54 Å². The molecule has 1 aliphatic carbocycles. The van der Waals surface area contributed by atoms with Crippen LogP contribution in [0, 0.1) is 0 Å². The second-order valence-corrected chi connectivity index (χ2v) is 7.67. The second-order valence-electron chi connectivity index (χ2n) is 5.12. The first kappa shape index (κ1) is 13.3. The molecule has 3 heteroatoms. The molecule has 0 saturated carbocycles. The van der Waals surface area contributed by atoms with E-state index in [4.69, 9.17) is 0 Å². The van der Waals surface area contributed by atoms with Gasteiger partial charge in [-0.1, -0.05) is 24.3 Å². The highest BCUT2D eigenvalue weighted by Crippen LogP contribution is 2.31. The summed E-state index contributed by atoms with van der Waals surface area (Å²) in [6.07, 6.45) is 3.90. The average Bonchev–Trinajstić information content (AvgIpc) is 2.85. The minimum atomic E-state index is 0.688. The Morgan fingerprint density at radius 2 is 2.11 bits per heavy atom. The van der Waals surface area contributed by atoms with Crippen molar-refractivity contribution in [2.24, 2.45) is 0 Å². The summed E-state index contributed by atoms with van der Waals surface area (Å²) < 4.78 is 1.22. The molecule has 0 radical (unpaired) electrons. The maximum atomic E-state index is 3.62. The van der Waals surface area contributed by atoms with E-state index in [0.29, 0.717) is 5.92 Å². The van der Waals surface area contributed by atoms with Crippen LogP contribution in [0.3, 0.4) is 0 Å². The van der Waals surface area contributed by atoms with E-state index in [0.717, 1.165) is 13.1 Å². The molecule has 0 saturated heterocycles. The van der Waals surface area contributed by atoms with E-state index in [-0.39, 0.29) is 0 Å². The van der Waals surface area contributed by atoms with Gasteiger partial charge in [-0.05, 0) is 64.4 Å².